The zero-order valence-electron chi connectivity index (χ0n) is 11.0. The minimum absolute atomic E-state index is 0.0614. The van der Waals surface area contributed by atoms with Crippen LogP contribution < -0.4 is 5.32 Å². The highest BCUT2D eigenvalue weighted by Gasteiger charge is 2.19. The first kappa shape index (κ1) is 14.5. The Hall–Kier alpha value is -1.92. The van der Waals surface area contributed by atoms with Crippen molar-refractivity contribution in [2.45, 2.75) is 19.9 Å². The number of rotatable bonds is 6. The van der Waals surface area contributed by atoms with Gasteiger partial charge in [-0.25, -0.2) is 4.68 Å². The molecule has 1 N–H and O–H groups in total. The van der Waals surface area contributed by atoms with Crippen LogP contribution in [0.3, 0.4) is 0 Å². The molecule has 0 fully saturated rings. The van der Waals surface area contributed by atoms with Crippen molar-refractivity contribution in [3.8, 4) is 5.69 Å². The largest absolute Gasteiger partial charge is 0.311 e. The van der Waals surface area contributed by atoms with Crippen molar-refractivity contribution in [3.63, 3.8) is 0 Å². The number of para-hydroxylation sites is 1. The maximum atomic E-state index is 11.1. The maximum Gasteiger partial charge on any atom is 0.296 e. The average Bonchev–Trinajstić information content (AvgIpc) is 2.87. The molecule has 1 aromatic heterocycles. The third-order valence-corrected chi connectivity index (χ3v) is 3.07. The molecule has 20 heavy (non-hydrogen) atoms. The molecule has 0 saturated carbocycles. The highest BCUT2D eigenvalue weighted by Crippen LogP contribution is 2.29. The normalized spacial score (nSPS) is 10.7. The Balaban J connectivity index is 2.30. The van der Waals surface area contributed by atoms with Gasteiger partial charge < -0.3 is 5.32 Å². The van der Waals surface area contributed by atoms with Crippen molar-refractivity contribution >= 4 is 17.3 Å². The standard InChI is InChI=1S/C13H15ClN4O2/c1-2-7-15-9-10-6-8-17(16-10)13-11(14)4-3-5-12(13)18(19)20/h3-6,8,15H,2,7,9H2,1H3. The minimum Gasteiger partial charge on any atom is -0.311 e. The summed E-state index contributed by atoms with van der Waals surface area (Å²) < 4.78 is 1.45. The maximum absolute atomic E-state index is 11.1. The van der Waals surface area contributed by atoms with Gasteiger partial charge in [-0.1, -0.05) is 24.6 Å². The van der Waals surface area contributed by atoms with Gasteiger partial charge in [0.1, 0.15) is 0 Å². The van der Waals surface area contributed by atoms with Crippen molar-refractivity contribution < 1.29 is 4.92 Å². The van der Waals surface area contributed by atoms with Crippen LogP contribution in [0.5, 0.6) is 0 Å². The Kier molecular flexibility index (Phi) is 4.70. The van der Waals surface area contributed by atoms with E-state index in [-0.39, 0.29) is 5.69 Å². The molecular weight excluding hydrogens is 280 g/mol. The molecule has 0 atom stereocenters. The first-order valence-corrected chi connectivity index (χ1v) is 6.69. The van der Waals surface area contributed by atoms with Gasteiger partial charge in [-0.3, -0.25) is 10.1 Å². The number of benzene rings is 1. The number of nitrogens with one attached hydrogen (secondary N) is 1. The lowest BCUT2D eigenvalue weighted by atomic mass is 10.2. The molecule has 0 amide bonds. The highest BCUT2D eigenvalue weighted by atomic mass is 35.5. The molecule has 2 aromatic rings. The van der Waals surface area contributed by atoms with Crippen molar-refractivity contribution in [3.05, 3.63) is 51.3 Å². The van der Waals surface area contributed by atoms with Gasteiger partial charge >= 0.3 is 0 Å². The molecule has 1 aromatic carbocycles. The topological polar surface area (TPSA) is 73.0 Å². The fourth-order valence-corrected chi connectivity index (χ4v) is 2.11. The molecule has 0 radical (unpaired) electrons. The van der Waals surface area contributed by atoms with E-state index in [4.69, 9.17) is 11.6 Å². The summed E-state index contributed by atoms with van der Waals surface area (Å²) in [7, 11) is 0. The molecule has 2 rings (SSSR count). The summed E-state index contributed by atoms with van der Waals surface area (Å²) in [6, 6.07) is 6.39. The number of hydrogen-bond acceptors (Lipinski definition) is 4. The Morgan fingerprint density at radius 1 is 1.45 bits per heavy atom. The Labute approximate surface area is 121 Å². The van der Waals surface area contributed by atoms with Gasteiger partial charge in [0.05, 0.1) is 15.6 Å². The van der Waals surface area contributed by atoms with Crippen LogP contribution in [0.4, 0.5) is 5.69 Å². The SMILES string of the molecule is CCCNCc1ccn(-c2c(Cl)cccc2[N+](=O)[O-])n1. The second kappa shape index (κ2) is 6.49. The summed E-state index contributed by atoms with van der Waals surface area (Å²) in [5.41, 5.74) is 1.04. The number of nitrogens with zero attached hydrogens (tertiary/aromatic N) is 3. The molecule has 0 bridgehead atoms. The summed E-state index contributed by atoms with van der Waals surface area (Å²) in [5, 5.41) is 18.9. The van der Waals surface area contributed by atoms with E-state index in [1.165, 1.54) is 10.7 Å². The molecule has 1 heterocycles. The molecule has 106 valence electrons. The number of hydrogen-bond donors (Lipinski definition) is 1. The lowest BCUT2D eigenvalue weighted by molar-refractivity contribution is -0.384. The van der Waals surface area contributed by atoms with E-state index in [0.29, 0.717) is 17.3 Å². The molecule has 0 aliphatic carbocycles. The monoisotopic (exact) mass is 294 g/mol. The highest BCUT2D eigenvalue weighted by molar-refractivity contribution is 6.32. The Morgan fingerprint density at radius 2 is 2.25 bits per heavy atom. The van der Waals surface area contributed by atoms with Gasteiger partial charge in [0.25, 0.3) is 5.69 Å². The number of nitro groups is 1. The Morgan fingerprint density at radius 3 is 2.95 bits per heavy atom. The molecule has 0 spiro atoms. The quantitative estimate of drug-likeness (QED) is 0.505. The molecular formula is C13H15ClN4O2. The zero-order chi connectivity index (χ0) is 14.5. The molecule has 0 aliphatic rings. The average molecular weight is 295 g/mol. The van der Waals surface area contributed by atoms with Crippen molar-refractivity contribution in [1.29, 1.82) is 0 Å². The van der Waals surface area contributed by atoms with E-state index < -0.39 is 4.92 Å². The van der Waals surface area contributed by atoms with E-state index in [0.717, 1.165) is 18.7 Å². The van der Waals surface area contributed by atoms with Crippen LogP contribution in [0.2, 0.25) is 5.02 Å². The number of aromatic nitrogens is 2. The third kappa shape index (κ3) is 3.15. The first-order valence-electron chi connectivity index (χ1n) is 6.32. The summed E-state index contributed by atoms with van der Waals surface area (Å²) in [5.74, 6) is 0. The van der Waals surface area contributed by atoms with Gasteiger partial charge in [0.2, 0.25) is 0 Å². The lowest BCUT2D eigenvalue weighted by Gasteiger charge is -2.05. The van der Waals surface area contributed by atoms with Crippen LogP contribution in [0, 0.1) is 10.1 Å². The number of halogens is 1. The summed E-state index contributed by atoms with van der Waals surface area (Å²) in [6.07, 6.45) is 2.72. The zero-order valence-corrected chi connectivity index (χ0v) is 11.8. The molecule has 7 heteroatoms. The smallest absolute Gasteiger partial charge is 0.296 e. The van der Waals surface area contributed by atoms with Gasteiger partial charge in [0, 0.05) is 18.8 Å². The Bertz CT molecular complexity index is 612. The predicted octanol–water partition coefficient (Wildman–Crippen LogP) is 2.93. The van der Waals surface area contributed by atoms with E-state index >= 15 is 0 Å². The van der Waals surface area contributed by atoms with E-state index in [1.54, 1.807) is 18.3 Å². The van der Waals surface area contributed by atoms with Gasteiger partial charge in [-0.05, 0) is 25.1 Å². The van der Waals surface area contributed by atoms with Crippen LogP contribution in [-0.2, 0) is 6.54 Å². The number of nitro benzene ring substituents is 1. The van der Waals surface area contributed by atoms with Crippen molar-refractivity contribution in [2.24, 2.45) is 0 Å². The van der Waals surface area contributed by atoms with Crippen LogP contribution in [-0.4, -0.2) is 21.2 Å². The second-order valence-corrected chi connectivity index (χ2v) is 4.70. The lowest BCUT2D eigenvalue weighted by Crippen LogP contribution is -2.14. The summed E-state index contributed by atoms with van der Waals surface area (Å²) >= 11 is 6.06. The van der Waals surface area contributed by atoms with Crippen molar-refractivity contribution in [2.75, 3.05) is 6.54 Å². The summed E-state index contributed by atoms with van der Waals surface area (Å²) in [4.78, 5) is 10.6. The van der Waals surface area contributed by atoms with Crippen LogP contribution in [0.15, 0.2) is 30.5 Å². The van der Waals surface area contributed by atoms with Gasteiger partial charge in [0.15, 0.2) is 5.69 Å². The third-order valence-electron chi connectivity index (χ3n) is 2.77. The molecule has 0 unspecified atom stereocenters. The van der Waals surface area contributed by atoms with Crippen LogP contribution >= 0.6 is 11.6 Å². The second-order valence-electron chi connectivity index (χ2n) is 4.29. The van der Waals surface area contributed by atoms with E-state index in [9.17, 15) is 10.1 Å². The van der Waals surface area contributed by atoms with E-state index in [2.05, 4.69) is 17.3 Å². The fraction of sp³-hybridized carbons (Fsp3) is 0.308. The fourth-order valence-electron chi connectivity index (χ4n) is 1.85. The van der Waals surface area contributed by atoms with Crippen molar-refractivity contribution in [1.82, 2.24) is 15.1 Å². The summed E-state index contributed by atoms with van der Waals surface area (Å²) in [6.45, 7) is 3.61. The predicted molar refractivity (Wildman–Crippen MR) is 77.2 cm³/mol. The molecule has 0 saturated heterocycles. The molecule has 0 aliphatic heterocycles. The van der Waals surface area contributed by atoms with Crippen LogP contribution in [0.25, 0.3) is 5.69 Å². The van der Waals surface area contributed by atoms with Gasteiger partial charge in [-0.2, -0.15) is 5.10 Å². The van der Waals surface area contributed by atoms with E-state index in [1.807, 2.05) is 6.07 Å². The van der Waals surface area contributed by atoms with Gasteiger partial charge in [-0.15, -0.1) is 0 Å². The van der Waals surface area contributed by atoms with Crippen LogP contribution in [0.1, 0.15) is 19.0 Å². The first-order chi connectivity index (χ1) is 9.63. The minimum atomic E-state index is -0.460. The molecule has 6 nitrogen and oxygen atoms in total.